The van der Waals surface area contributed by atoms with Crippen LogP contribution in [0.3, 0.4) is 0 Å². The molecule has 156 valence electrons. The monoisotopic (exact) mass is 424 g/mol. The van der Waals surface area contributed by atoms with Crippen LogP contribution in [0.15, 0.2) is 77.7 Å². The number of para-hydroxylation sites is 1. The highest BCUT2D eigenvalue weighted by atomic mass is 32.2. The van der Waals surface area contributed by atoms with Gasteiger partial charge in [-0.2, -0.15) is 0 Å². The zero-order valence-corrected chi connectivity index (χ0v) is 17.7. The summed E-state index contributed by atoms with van der Waals surface area (Å²) in [4.78, 5) is 12.6. The highest BCUT2D eigenvalue weighted by molar-refractivity contribution is 7.92. The molecule has 0 unspecified atom stereocenters. The van der Waals surface area contributed by atoms with Crippen LogP contribution in [-0.4, -0.2) is 20.9 Å². The maximum atomic E-state index is 12.7. The van der Waals surface area contributed by atoms with E-state index in [1.54, 1.807) is 24.3 Å². The van der Waals surface area contributed by atoms with Crippen LogP contribution in [-0.2, 0) is 16.6 Å². The fraction of sp³-hybridized carbons (Fsp3) is 0.174. The number of hydrogen-bond donors (Lipinski definition) is 2. The zero-order valence-electron chi connectivity index (χ0n) is 16.9. The van der Waals surface area contributed by atoms with Gasteiger partial charge in [-0.15, -0.1) is 0 Å². The summed E-state index contributed by atoms with van der Waals surface area (Å²) >= 11 is 0. The van der Waals surface area contributed by atoms with Crippen LogP contribution in [0.5, 0.6) is 5.75 Å². The number of amides is 1. The Bertz CT molecular complexity index is 1130. The SMILES string of the molecule is CCOc1ccc(CNC(=O)c2cccc(S(=O)(=O)Nc3ccccc3C)c2)cc1. The van der Waals surface area contributed by atoms with E-state index in [0.29, 0.717) is 18.8 Å². The Morgan fingerprint density at radius 1 is 0.967 bits per heavy atom. The second kappa shape index (κ2) is 9.45. The number of aryl methyl sites for hydroxylation is 1. The van der Waals surface area contributed by atoms with E-state index in [0.717, 1.165) is 16.9 Å². The van der Waals surface area contributed by atoms with Crippen molar-refractivity contribution in [3.8, 4) is 5.75 Å². The first kappa shape index (κ1) is 21.4. The molecular formula is C23H24N2O4S. The molecular weight excluding hydrogens is 400 g/mol. The van der Waals surface area contributed by atoms with Gasteiger partial charge in [0.05, 0.1) is 17.2 Å². The predicted octanol–water partition coefficient (Wildman–Crippen LogP) is 4.12. The minimum Gasteiger partial charge on any atom is -0.494 e. The molecule has 0 fully saturated rings. The van der Waals surface area contributed by atoms with Gasteiger partial charge in [0.2, 0.25) is 0 Å². The van der Waals surface area contributed by atoms with E-state index in [9.17, 15) is 13.2 Å². The smallest absolute Gasteiger partial charge is 0.261 e. The van der Waals surface area contributed by atoms with E-state index < -0.39 is 10.0 Å². The minimum absolute atomic E-state index is 0.0273. The Hall–Kier alpha value is -3.32. The van der Waals surface area contributed by atoms with Crippen molar-refractivity contribution in [1.29, 1.82) is 0 Å². The molecule has 0 aliphatic carbocycles. The molecule has 0 saturated carbocycles. The van der Waals surface area contributed by atoms with Crippen molar-refractivity contribution < 1.29 is 17.9 Å². The van der Waals surface area contributed by atoms with Crippen LogP contribution in [0, 0.1) is 6.92 Å². The molecule has 2 N–H and O–H groups in total. The molecule has 30 heavy (non-hydrogen) atoms. The molecule has 3 aromatic rings. The molecule has 0 aliphatic heterocycles. The fourth-order valence-corrected chi connectivity index (χ4v) is 4.03. The third-order valence-electron chi connectivity index (χ3n) is 4.48. The highest BCUT2D eigenvalue weighted by Gasteiger charge is 2.17. The molecule has 0 saturated heterocycles. The molecule has 7 heteroatoms. The van der Waals surface area contributed by atoms with Crippen molar-refractivity contribution >= 4 is 21.6 Å². The maximum Gasteiger partial charge on any atom is 0.261 e. The Morgan fingerprint density at radius 2 is 1.70 bits per heavy atom. The van der Waals surface area contributed by atoms with Crippen molar-refractivity contribution in [2.24, 2.45) is 0 Å². The van der Waals surface area contributed by atoms with Gasteiger partial charge in [0.25, 0.3) is 15.9 Å². The van der Waals surface area contributed by atoms with Crippen molar-refractivity contribution in [2.75, 3.05) is 11.3 Å². The summed E-state index contributed by atoms with van der Waals surface area (Å²) in [7, 11) is -3.81. The number of ether oxygens (including phenoxy) is 1. The van der Waals surface area contributed by atoms with Gasteiger partial charge in [-0.3, -0.25) is 9.52 Å². The molecule has 0 atom stereocenters. The topological polar surface area (TPSA) is 84.5 Å². The molecule has 1 amide bonds. The Morgan fingerprint density at radius 3 is 2.40 bits per heavy atom. The summed E-state index contributed by atoms with van der Waals surface area (Å²) in [6.07, 6.45) is 0. The molecule has 0 bridgehead atoms. The van der Waals surface area contributed by atoms with Gasteiger partial charge in [0.1, 0.15) is 5.75 Å². The number of nitrogens with one attached hydrogen (secondary N) is 2. The summed E-state index contributed by atoms with van der Waals surface area (Å²) in [6, 6.07) is 20.5. The summed E-state index contributed by atoms with van der Waals surface area (Å²) < 4.78 is 33.4. The Balaban J connectivity index is 1.69. The van der Waals surface area contributed by atoms with Gasteiger partial charge in [0, 0.05) is 12.1 Å². The average Bonchev–Trinajstić information content (AvgIpc) is 2.75. The number of carbonyl (C=O) groups is 1. The van der Waals surface area contributed by atoms with Gasteiger partial charge in [-0.25, -0.2) is 8.42 Å². The summed E-state index contributed by atoms with van der Waals surface area (Å²) in [5, 5.41) is 2.81. The van der Waals surface area contributed by atoms with Crippen molar-refractivity contribution in [3.63, 3.8) is 0 Å². The number of hydrogen-bond acceptors (Lipinski definition) is 4. The van der Waals surface area contributed by atoms with Crippen molar-refractivity contribution in [1.82, 2.24) is 5.32 Å². The third kappa shape index (κ3) is 5.39. The third-order valence-corrected chi connectivity index (χ3v) is 5.85. The Labute approximate surface area is 177 Å². The number of rotatable bonds is 8. The van der Waals surface area contributed by atoms with Crippen LogP contribution in [0.1, 0.15) is 28.4 Å². The molecule has 3 rings (SSSR count). The molecule has 0 aromatic heterocycles. The molecule has 0 aliphatic rings. The van der Waals surface area contributed by atoms with E-state index in [1.807, 2.05) is 50.2 Å². The van der Waals surface area contributed by atoms with Crippen molar-refractivity contribution in [2.45, 2.75) is 25.3 Å². The molecule has 0 radical (unpaired) electrons. The van der Waals surface area contributed by atoms with Crippen LogP contribution in [0.4, 0.5) is 5.69 Å². The molecule has 6 nitrogen and oxygen atoms in total. The lowest BCUT2D eigenvalue weighted by atomic mass is 10.2. The van der Waals surface area contributed by atoms with Crippen molar-refractivity contribution in [3.05, 3.63) is 89.5 Å². The lowest BCUT2D eigenvalue weighted by Crippen LogP contribution is -2.23. The largest absolute Gasteiger partial charge is 0.494 e. The van der Waals surface area contributed by atoms with Gasteiger partial charge < -0.3 is 10.1 Å². The van der Waals surface area contributed by atoms with Gasteiger partial charge in [-0.1, -0.05) is 36.4 Å². The highest BCUT2D eigenvalue weighted by Crippen LogP contribution is 2.20. The van der Waals surface area contributed by atoms with Gasteiger partial charge >= 0.3 is 0 Å². The van der Waals surface area contributed by atoms with E-state index in [2.05, 4.69) is 10.0 Å². The van der Waals surface area contributed by atoms with E-state index >= 15 is 0 Å². The first-order valence-corrected chi connectivity index (χ1v) is 11.1. The number of sulfonamides is 1. The molecule has 0 spiro atoms. The predicted molar refractivity (Wildman–Crippen MR) is 117 cm³/mol. The van der Waals surface area contributed by atoms with Crippen LogP contribution < -0.4 is 14.8 Å². The lowest BCUT2D eigenvalue weighted by molar-refractivity contribution is 0.0950. The van der Waals surface area contributed by atoms with Crippen LogP contribution in [0.25, 0.3) is 0 Å². The summed E-state index contributed by atoms with van der Waals surface area (Å²) in [6.45, 7) is 4.65. The normalized spacial score (nSPS) is 11.0. The number of anilines is 1. The zero-order chi connectivity index (χ0) is 21.6. The number of carbonyl (C=O) groups excluding carboxylic acids is 1. The van der Waals surface area contributed by atoms with Gasteiger partial charge in [0.15, 0.2) is 0 Å². The maximum absolute atomic E-state index is 12.7. The minimum atomic E-state index is -3.81. The Kier molecular flexibility index (Phi) is 6.74. The average molecular weight is 425 g/mol. The molecule has 3 aromatic carbocycles. The second-order valence-electron chi connectivity index (χ2n) is 6.71. The van der Waals surface area contributed by atoms with E-state index in [-0.39, 0.29) is 16.4 Å². The first-order valence-electron chi connectivity index (χ1n) is 9.57. The van der Waals surface area contributed by atoms with Crippen LogP contribution >= 0.6 is 0 Å². The van der Waals surface area contributed by atoms with E-state index in [4.69, 9.17) is 4.74 Å². The second-order valence-corrected chi connectivity index (χ2v) is 8.39. The summed E-state index contributed by atoms with van der Waals surface area (Å²) in [5.41, 5.74) is 2.50. The first-order chi connectivity index (χ1) is 14.4. The van der Waals surface area contributed by atoms with Crippen LogP contribution in [0.2, 0.25) is 0 Å². The molecule has 0 heterocycles. The quantitative estimate of drug-likeness (QED) is 0.570. The standard InChI is InChI=1S/C23H24N2O4S/c1-3-29-20-13-11-18(12-14-20)16-24-23(26)19-8-6-9-21(15-19)30(27,28)25-22-10-5-4-7-17(22)2/h4-15,25H,3,16H2,1-2H3,(H,24,26). The van der Waals surface area contributed by atoms with Gasteiger partial charge in [-0.05, 0) is 61.4 Å². The number of benzene rings is 3. The van der Waals surface area contributed by atoms with E-state index in [1.165, 1.54) is 12.1 Å². The lowest BCUT2D eigenvalue weighted by Gasteiger charge is -2.11. The fourth-order valence-electron chi connectivity index (χ4n) is 2.85. The summed E-state index contributed by atoms with van der Waals surface area (Å²) in [5.74, 6) is 0.420.